The Morgan fingerprint density at radius 1 is 1.38 bits per heavy atom. The maximum atomic E-state index is 11.8. The molecule has 110 valence electrons. The number of benzene rings is 1. The predicted molar refractivity (Wildman–Crippen MR) is 76.5 cm³/mol. The van der Waals surface area contributed by atoms with Crippen molar-refractivity contribution < 1.29 is 52.4 Å². The molecule has 0 aliphatic carbocycles. The van der Waals surface area contributed by atoms with Crippen molar-refractivity contribution in [3.8, 4) is 0 Å². The number of carbonyl (C=O) groups excluding carboxylic acids is 1. The van der Waals surface area contributed by atoms with Crippen molar-refractivity contribution in [2.75, 3.05) is 12.3 Å². The largest absolute Gasteiger partial charge is 1.00 e. The molecule has 0 spiro atoms. The average molecular weight is 339 g/mol. The molecule has 0 aromatic heterocycles. The summed E-state index contributed by atoms with van der Waals surface area (Å²) in [5.41, 5.74) is 0.482. The molecule has 1 atom stereocenters. The second-order valence-electron chi connectivity index (χ2n) is 3.92. The van der Waals surface area contributed by atoms with Gasteiger partial charge in [-0.15, -0.1) is 0 Å². The van der Waals surface area contributed by atoms with Crippen LogP contribution in [0.1, 0.15) is 17.3 Å². The van der Waals surface area contributed by atoms with Crippen LogP contribution in [0.4, 0.5) is 0 Å². The van der Waals surface area contributed by atoms with E-state index in [2.05, 4.69) is 4.99 Å². The summed E-state index contributed by atoms with van der Waals surface area (Å²) in [6.07, 6.45) is 0. The van der Waals surface area contributed by atoms with E-state index in [4.69, 9.17) is 4.55 Å². The summed E-state index contributed by atoms with van der Waals surface area (Å²) in [5.74, 6) is -1.19. The molecule has 0 radical (unpaired) electrons. The van der Waals surface area contributed by atoms with Gasteiger partial charge in [0.25, 0.3) is 10.1 Å². The first-order valence-corrected chi connectivity index (χ1v) is 8.21. The summed E-state index contributed by atoms with van der Waals surface area (Å²) in [6.45, 7) is 1.20. The fourth-order valence-corrected chi connectivity index (χ4v) is 2.34. The van der Waals surface area contributed by atoms with Gasteiger partial charge in [0.2, 0.25) is 5.12 Å². The molecule has 0 saturated heterocycles. The number of rotatable bonds is 6. The van der Waals surface area contributed by atoms with Gasteiger partial charge in [0, 0.05) is 10.8 Å². The molecule has 0 heterocycles. The van der Waals surface area contributed by atoms with Crippen LogP contribution in [0, 0.1) is 0 Å². The zero-order valence-electron chi connectivity index (χ0n) is 11.7. The minimum absolute atomic E-state index is 0. The molecule has 0 bridgehead atoms. The van der Waals surface area contributed by atoms with E-state index in [9.17, 15) is 18.3 Å². The molecule has 0 amide bonds. The summed E-state index contributed by atoms with van der Waals surface area (Å²) < 4.78 is 29.4. The van der Waals surface area contributed by atoms with Crippen molar-refractivity contribution in [2.45, 2.75) is 12.2 Å². The first-order chi connectivity index (χ1) is 9.29. The van der Waals surface area contributed by atoms with Gasteiger partial charge in [-0.3, -0.25) is 9.35 Å². The first kappa shape index (κ1) is 20.6. The van der Waals surface area contributed by atoms with Crippen molar-refractivity contribution in [1.29, 1.82) is 0 Å². The van der Waals surface area contributed by atoms with Gasteiger partial charge >= 0.3 is 29.6 Å². The Bertz CT molecular complexity index is 589. The van der Waals surface area contributed by atoms with Gasteiger partial charge in [-0.05, 0) is 12.8 Å². The van der Waals surface area contributed by atoms with E-state index < -0.39 is 27.0 Å². The number of hydrogen-bond donors (Lipinski definition) is 1. The first-order valence-electron chi connectivity index (χ1n) is 5.72. The average Bonchev–Trinajstić information content (AvgIpc) is 2.38. The van der Waals surface area contributed by atoms with Crippen LogP contribution in [0.2, 0.25) is 0 Å². The number of thioether (sulfide) groups is 1. The van der Waals surface area contributed by atoms with Crippen LogP contribution >= 0.6 is 11.8 Å². The summed E-state index contributed by atoms with van der Waals surface area (Å²) in [7, 11) is -4.13. The van der Waals surface area contributed by atoms with Crippen LogP contribution in [-0.2, 0) is 10.1 Å². The molecule has 1 aromatic carbocycles. The van der Waals surface area contributed by atoms with Crippen LogP contribution in [-0.4, -0.2) is 41.5 Å². The normalized spacial score (nSPS) is 13.3. The Labute approximate surface area is 150 Å². The van der Waals surface area contributed by atoms with Crippen molar-refractivity contribution in [2.24, 2.45) is 4.99 Å². The number of nitrogens with zero attached hydrogens (tertiary/aromatic N) is 1. The van der Waals surface area contributed by atoms with Gasteiger partial charge < -0.3 is 10.1 Å². The van der Waals surface area contributed by atoms with Gasteiger partial charge in [0.15, 0.2) is 0 Å². The monoisotopic (exact) mass is 339 g/mol. The SMILES string of the molecule is CC(SC(=O)c1ccccc1)C([O-])=NCCS(=O)(=O)O.[Na+]. The molecule has 0 aliphatic rings. The molecule has 1 unspecified atom stereocenters. The third-order valence-corrected chi connectivity index (χ3v) is 3.96. The van der Waals surface area contributed by atoms with E-state index >= 15 is 0 Å². The van der Waals surface area contributed by atoms with Crippen molar-refractivity contribution in [1.82, 2.24) is 0 Å². The van der Waals surface area contributed by atoms with Gasteiger partial charge in [-0.2, -0.15) is 8.42 Å². The van der Waals surface area contributed by atoms with E-state index in [1.54, 1.807) is 30.3 Å². The quantitative estimate of drug-likeness (QED) is 0.268. The Balaban J connectivity index is 0.00000400. The fraction of sp³-hybridized carbons (Fsp3) is 0.333. The van der Waals surface area contributed by atoms with E-state index in [1.165, 1.54) is 6.92 Å². The Morgan fingerprint density at radius 3 is 2.48 bits per heavy atom. The summed E-state index contributed by atoms with van der Waals surface area (Å²) in [6, 6.07) is 8.50. The summed E-state index contributed by atoms with van der Waals surface area (Å²) in [5, 5.41) is 10.6. The molecular weight excluding hydrogens is 325 g/mol. The van der Waals surface area contributed by atoms with Crippen molar-refractivity contribution in [3.63, 3.8) is 0 Å². The Morgan fingerprint density at radius 2 is 1.95 bits per heavy atom. The van der Waals surface area contributed by atoms with Gasteiger partial charge in [0.1, 0.15) is 0 Å². The smallest absolute Gasteiger partial charge is 0.861 e. The third-order valence-electron chi connectivity index (χ3n) is 2.26. The Hall–Kier alpha value is -0.380. The molecule has 9 heteroatoms. The van der Waals surface area contributed by atoms with Crippen LogP contribution in [0.25, 0.3) is 0 Å². The van der Waals surface area contributed by atoms with Crippen molar-refractivity contribution >= 4 is 32.9 Å². The zero-order valence-corrected chi connectivity index (χ0v) is 15.4. The minimum atomic E-state index is -4.13. The molecule has 0 aliphatic heterocycles. The summed E-state index contributed by atoms with van der Waals surface area (Å²) >= 11 is 0.825. The van der Waals surface area contributed by atoms with Crippen molar-refractivity contribution in [3.05, 3.63) is 35.9 Å². The van der Waals surface area contributed by atoms with Gasteiger partial charge in [-0.25, -0.2) is 0 Å². The maximum absolute atomic E-state index is 11.8. The molecule has 1 rings (SSSR count). The number of aliphatic imine (C=N–C) groups is 1. The standard InChI is InChI=1S/C12H15NO5S2.Na/c1-9(11(14)13-7-8-20(16,17)18)19-12(15)10-5-3-2-4-6-10;/h2-6,9H,7-8H2,1H3,(H,13,14)(H,16,17,18);/q;+1/p-1. The van der Waals surface area contributed by atoms with E-state index in [1.807, 2.05) is 0 Å². The Kier molecular flexibility index (Phi) is 9.43. The van der Waals surface area contributed by atoms with Crippen LogP contribution in [0.15, 0.2) is 35.3 Å². The van der Waals surface area contributed by atoms with Gasteiger partial charge in [-0.1, -0.05) is 42.1 Å². The third kappa shape index (κ3) is 8.60. The maximum Gasteiger partial charge on any atom is 1.00 e. The van der Waals surface area contributed by atoms with Gasteiger partial charge in [0.05, 0.1) is 12.3 Å². The fourth-order valence-electron chi connectivity index (χ4n) is 1.25. The summed E-state index contributed by atoms with van der Waals surface area (Å²) in [4.78, 5) is 15.3. The molecule has 1 aromatic rings. The second kappa shape index (κ2) is 9.60. The minimum Gasteiger partial charge on any atom is -0.861 e. The molecule has 0 saturated carbocycles. The second-order valence-corrected chi connectivity index (χ2v) is 6.81. The van der Waals surface area contributed by atoms with E-state index in [0.717, 1.165) is 11.8 Å². The topological polar surface area (TPSA) is 107 Å². The van der Waals surface area contributed by atoms with E-state index in [-0.39, 0.29) is 41.2 Å². The molecule has 1 N–H and O–H groups in total. The molecule has 21 heavy (non-hydrogen) atoms. The van der Waals surface area contributed by atoms with Crippen LogP contribution in [0.5, 0.6) is 0 Å². The van der Waals surface area contributed by atoms with Crippen LogP contribution < -0.4 is 34.7 Å². The van der Waals surface area contributed by atoms with Crippen LogP contribution in [0.3, 0.4) is 0 Å². The molecule has 6 nitrogen and oxygen atoms in total. The number of carbonyl (C=O) groups is 1. The van der Waals surface area contributed by atoms with E-state index in [0.29, 0.717) is 5.56 Å². The zero-order chi connectivity index (χ0) is 15.2. The molecular formula is C12H14NNaO5S2. The molecule has 0 fully saturated rings. The predicted octanol–water partition coefficient (Wildman–Crippen LogP) is -2.40. The number of hydrogen-bond acceptors (Lipinski definition) is 6.